The van der Waals surface area contributed by atoms with Crippen LogP contribution in [0.1, 0.15) is 76.3 Å². The van der Waals surface area contributed by atoms with Crippen molar-refractivity contribution < 1.29 is 0 Å². The van der Waals surface area contributed by atoms with Gasteiger partial charge in [-0.15, -0.1) is 0 Å². The molecule has 0 aliphatic carbocycles. The molecular weight excluding hydrogens is 493 g/mol. The van der Waals surface area contributed by atoms with Crippen LogP contribution in [0, 0.1) is 0 Å². The first kappa shape index (κ1) is 30.1. The number of hydrogen-bond acceptors (Lipinski definition) is 0. The average Bonchev–Trinajstić information content (AvgIpc) is 3.18. The first-order valence-corrected chi connectivity index (χ1v) is 24.6. The largest absolute Gasteiger partial charge is 0.102 e. The van der Waals surface area contributed by atoms with E-state index in [-0.39, 0.29) is 0 Å². The number of allylic oxidation sites excluding steroid dienone is 2. The van der Waals surface area contributed by atoms with Gasteiger partial charge in [0.1, 0.15) is 8.07 Å². The Balaban J connectivity index is 2.42. The molecule has 2 aromatic carbocycles. The molecule has 0 aromatic heterocycles. The topological polar surface area (TPSA) is 0 Å². The Hall–Kier alpha value is -1.43. The molecule has 0 N–H and O–H groups in total. The fraction of sp³-hybridized carbons (Fsp3) is 0.529. The van der Waals surface area contributed by atoms with E-state index >= 15 is 0 Å². The molecule has 0 radical (unpaired) electrons. The SMILES string of the molecule is CCCCCC[Si]1(CCCCCC)C([Si](C)(C)C)=C(c2ccccc2)C(c2ccccc2)=C1[Si](C)(C)C. The highest BCUT2D eigenvalue weighted by Crippen LogP contribution is 2.57. The van der Waals surface area contributed by atoms with E-state index in [1.807, 2.05) is 9.64 Å². The van der Waals surface area contributed by atoms with Crippen molar-refractivity contribution in [1.29, 1.82) is 0 Å². The number of unbranched alkanes of at least 4 members (excludes halogenated alkanes) is 6. The number of rotatable bonds is 14. The van der Waals surface area contributed by atoms with Gasteiger partial charge in [-0.05, 0) is 22.3 Å². The Morgan fingerprint density at radius 2 is 0.838 bits per heavy atom. The Labute approximate surface area is 232 Å². The van der Waals surface area contributed by atoms with Gasteiger partial charge in [-0.2, -0.15) is 0 Å². The van der Waals surface area contributed by atoms with E-state index in [0.717, 1.165) is 0 Å². The second-order valence-electron chi connectivity index (χ2n) is 13.4. The van der Waals surface area contributed by atoms with Crippen molar-refractivity contribution in [3.63, 3.8) is 0 Å². The zero-order valence-corrected chi connectivity index (χ0v) is 28.3. The van der Waals surface area contributed by atoms with Crippen molar-refractivity contribution in [3.8, 4) is 0 Å². The minimum atomic E-state index is -1.87. The molecule has 0 saturated heterocycles. The zero-order chi connectivity index (χ0) is 27.1. The lowest BCUT2D eigenvalue weighted by Crippen LogP contribution is -2.52. The maximum Gasteiger partial charge on any atom is 0.102 e. The molecule has 0 amide bonds. The third kappa shape index (κ3) is 6.96. The van der Waals surface area contributed by atoms with E-state index in [2.05, 4.69) is 114 Å². The van der Waals surface area contributed by atoms with Crippen molar-refractivity contribution >= 4 is 35.4 Å². The first-order chi connectivity index (χ1) is 17.6. The summed E-state index contributed by atoms with van der Waals surface area (Å²) >= 11 is 0. The molecule has 202 valence electrons. The first-order valence-electron chi connectivity index (χ1n) is 15.2. The summed E-state index contributed by atoms with van der Waals surface area (Å²) in [7, 11) is -5.10. The van der Waals surface area contributed by atoms with Gasteiger partial charge in [-0.3, -0.25) is 0 Å². The summed E-state index contributed by atoms with van der Waals surface area (Å²) < 4.78 is 0. The fourth-order valence-electron chi connectivity index (χ4n) is 7.16. The summed E-state index contributed by atoms with van der Waals surface area (Å²) in [6.45, 7) is 20.7. The maximum atomic E-state index is 2.67. The molecule has 3 rings (SSSR count). The third-order valence-corrected chi connectivity index (χ3v) is 23.9. The highest BCUT2D eigenvalue weighted by Gasteiger charge is 2.54. The van der Waals surface area contributed by atoms with Crippen molar-refractivity contribution in [2.45, 2.75) is 117 Å². The van der Waals surface area contributed by atoms with Gasteiger partial charge in [0.05, 0.1) is 16.1 Å². The van der Waals surface area contributed by atoms with E-state index in [9.17, 15) is 0 Å². The standard InChI is InChI=1S/C34H54Si3/c1-9-11-13-21-27-37(28-22-14-12-10-2)33(35(3,4)5)31(29-23-17-15-18-24-29)32(34(37)36(6,7)8)30-25-19-16-20-26-30/h15-20,23-26H,9-14,21-22,27-28H2,1-8H3. The van der Waals surface area contributed by atoms with Gasteiger partial charge in [-0.1, -0.05) is 187 Å². The molecule has 0 atom stereocenters. The minimum Gasteiger partial charge on any atom is -0.0784 e. The highest BCUT2D eigenvalue weighted by atomic mass is 28.4. The number of hydrogen-bond donors (Lipinski definition) is 0. The Bertz CT molecular complexity index is 962. The molecule has 1 aliphatic rings. The lowest BCUT2D eigenvalue weighted by atomic mass is 9.95. The van der Waals surface area contributed by atoms with Crippen LogP contribution in [-0.2, 0) is 0 Å². The molecular formula is C34H54Si3. The van der Waals surface area contributed by atoms with Crippen LogP contribution in [0.25, 0.3) is 11.1 Å². The fourth-order valence-corrected chi connectivity index (χ4v) is 28.0. The Morgan fingerprint density at radius 3 is 1.14 bits per heavy atom. The van der Waals surface area contributed by atoms with E-state index in [1.54, 1.807) is 11.1 Å². The third-order valence-electron chi connectivity index (χ3n) is 8.25. The molecule has 1 heterocycles. The Morgan fingerprint density at radius 1 is 0.486 bits per heavy atom. The average molecular weight is 547 g/mol. The second-order valence-corrected chi connectivity index (χ2v) is 28.6. The van der Waals surface area contributed by atoms with Gasteiger partial charge >= 0.3 is 0 Å². The van der Waals surface area contributed by atoms with Gasteiger partial charge in [0, 0.05) is 0 Å². The normalized spacial score (nSPS) is 16.1. The minimum absolute atomic E-state index is 1.32. The predicted octanol–water partition coefficient (Wildman–Crippen LogP) is 11.4. The molecule has 0 saturated carbocycles. The van der Waals surface area contributed by atoms with Gasteiger partial charge in [0.25, 0.3) is 0 Å². The van der Waals surface area contributed by atoms with Crippen molar-refractivity contribution in [3.05, 3.63) is 81.4 Å². The van der Waals surface area contributed by atoms with Crippen molar-refractivity contribution in [2.24, 2.45) is 0 Å². The van der Waals surface area contributed by atoms with Gasteiger partial charge in [0.2, 0.25) is 0 Å². The molecule has 0 nitrogen and oxygen atoms in total. The van der Waals surface area contributed by atoms with Crippen molar-refractivity contribution in [1.82, 2.24) is 0 Å². The lowest BCUT2D eigenvalue weighted by Gasteiger charge is -2.43. The Kier molecular flexibility index (Phi) is 10.6. The summed E-state index contributed by atoms with van der Waals surface area (Å²) in [5.41, 5.74) is 6.32. The zero-order valence-electron chi connectivity index (χ0n) is 25.3. The van der Waals surface area contributed by atoms with E-state index in [4.69, 9.17) is 0 Å². The summed E-state index contributed by atoms with van der Waals surface area (Å²) in [4.78, 5) is 4.02. The lowest BCUT2D eigenvalue weighted by molar-refractivity contribution is 0.683. The highest BCUT2D eigenvalue weighted by molar-refractivity contribution is 7.20. The maximum absolute atomic E-state index is 2.67. The van der Waals surface area contributed by atoms with Crippen LogP contribution in [-0.4, -0.2) is 24.2 Å². The summed E-state index contributed by atoms with van der Waals surface area (Å²) in [6, 6.07) is 26.1. The predicted molar refractivity (Wildman–Crippen MR) is 177 cm³/mol. The van der Waals surface area contributed by atoms with Crippen molar-refractivity contribution in [2.75, 3.05) is 0 Å². The monoisotopic (exact) mass is 546 g/mol. The van der Waals surface area contributed by atoms with E-state index < -0.39 is 24.2 Å². The summed E-state index contributed by atoms with van der Waals surface area (Å²) in [5, 5.41) is 0. The quantitative estimate of drug-likeness (QED) is 0.163. The molecule has 1 aliphatic heterocycles. The molecule has 2 aromatic rings. The molecule has 0 fully saturated rings. The summed E-state index contributed by atoms with van der Waals surface area (Å²) in [5.74, 6) is 0. The van der Waals surface area contributed by atoms with E-state index in [0.29, 0.717) is 0 Å². The van der Waals surface area contributed by atoms with Crippen LogP contribution < -0.4 is 0 Å². The van der Waals surface area contributed by atoms with E-state index in [1.165, 1.54) is 74.6 Å². The smallest absolute Gasteiger partial charge is 0.0784 e. The van der Waals surface area contributed by atoms with Crippen LogP contribution >= 0.6 is 0 Å². The second kappa shape index (κ2) is 13.1. The van der Waals surface area contributed by atoms with Crippen LogP contribution in [0.3, 0.4) is 0 Å². The molecule has 0 unspecified atom stereocenters. The van der Waals surface area contributed by atoms with Crippen LogP contribution in [0.5, 0.6) is 0 Å². The van der Waals surface area contributed by atoms with Crippen LogP contribution in [0.2, 0.25) is 51.4 Å². The molecule has 3 heteroatoms. The van der Waals surface area contributed by atoms with Crippen LogP contribution in [0.15, 0.2) is 70.3 Å². The van der Waals surface area contributed by atoms with Gasteiger partial charge < -0.3 is 0 Å². The summed E-state index contributed by atoms with van der Waals surface area (Å²) in [6.07, 6.45) is 11.1. The van der Waals surface area contributed by atoms with Gasteiger partial charge in [0.15, 0.2) is 0 Å². The molecule has 0 spiro atoms. The molecule has 37 heavy (non-hydrogen) atoms. The van der Waals surface area contributed by atoms with Crippen LogP contribution in [0.4, 0.5) is 0 Å². The number of benzene rings is 2. The molecule has 0 bridgehead atoms. The van der Waals surface area contributed by atoms with Gasteiger partial charge in [-0.25, -0.2) is 0 Å².